The normalized spacial score (nSPS) is 10.7. The summed E-state index contributed by atoms with van der Waals surface area (Å²) in [5, 5.41) is 25.7. The first-order chi connectivity index (χ1) is 11.5. The number of nitrogens with zero attached hydrogens (tertiary/aromatic N) is 3. The van der Waals surface area contributed by atoms with E-state index in [1.807, 2.05) is 0 Å². The molecule has 3 N–H and O–H groups in total. The highest BCUT2D eigenvalue weighted by molar-refractivity contribution is 6.30. The predicted molar refractivity (Wildman–Crippen MR) is 85.1 cm³/mol. The highest BCUT2D eigenvalue weighted by atomic mass is 35.5. The van der Waals surface area contributed by atoms with E-state index in [4.69, 9.17) is 16.7 Å². The highest BCUT2D eigenvalue weighted by Crippen LogP contribution is 2.29. The van der Waals surface area contributed by atoms with Crippen LogP contribution in [0.5, 0.6) is 5.75 Å². The lowest BCUT2D eigenvalue weighted by atomic mass is 10.1. The van der Waals surface area contributed by atoms with Crippen molar-refractivity contribution in [2.24, 2.45) is 0 Å². The molecule has 3 aromatic rings. The van der Waals surface area contributed by atoms with Gasteiger partial charge in [-0.05, 0) is 12.1 Å². The third kappa shape index (κ3) is 2.86. The van der Waals surface area contributed by atoms with E-state index in [-0.39, 0.29) is 17.0 Å². The molecule has 0 unspecified atom stereocenters. The summed E-state index contributed by atoms with van der Waals surface area (Å²) in [7, 11) is 0. The van der Waals surface area contributed by atoms with Crippen LogP contribution in [0.25, 0.3) is 16.9 Å². The van der Waals surface area contributed by atoms with Crippen molar-refractivity contribution in [1.29, 1.82) is 0 Å². The first-order valence-corrected chi connectivity index (χ1v) is 7.17. The second-order valence-electron chi connectivity index (χ2n) is 4.87. The smallest absolute Gasteiger partial charge is 0.322 e. The van der Waals surface area contributed by atoms with Gasteiger partial charge in [-0.1, -0.05) is 23.7 Å². The second kappa shape index (κ2) is 6.17. The number of carbonyl (C=O) groups excluding carboxylic acids is 1. The van der Waals surface area contributed by atoms with Gasteiger partial charge in [0.1, 0.15) is 24.2 Å². The average Bonchev–Trinajstić information content (AvgIpc) is 3.02. The molecule has 9 heteroatoms. The van der Waals surface area contributed by atoms with Gasteiger partial charge in [-0.3, -0.25) is 9.59 Å². The summed E-state index contributed by atoms with van der Waals surface area (Å²) in [6, 6.07) is 8.21. The average molecular weight is 347 g/mol. The summed E-state index contributed by atoms with van der Waals surface area (Å²) < 4.78 is 1.39. The fraction of sp³-hybridized carbons (Fsp3) is 0.0667. The Labute approximate surface area is 140 Å². The van der Waals surface area contributed by atoms with Crippen LogP contribution in [-0.4, -0.2) is 43.2 Å². The van der Waals surface area contributed by atoms with Gasteiger partial charge in [-0.25, -0.2) is 9.50 Å². The van der Waals surface area contributed by atoms with Gasteiger partial charge >= 0.3 is 5.97 Å². The Hall–Kier alpha value is -3.13. The molecule has 1 amide bonds. The van der Waals surface area contributed by atoms with Crippen LogP contribution in [0, 0.1) is 0 Å². The van der Waals surface area contributed by atoms with E-state index in [0.29, 0.717) is 16.3 Å². The minimum absolute atomic E-state index is 0.114. The summed E-state index contributed by atoms with van der Waals surface area (Å²) in [6.45, 7) is -0.572. The molecule has 0 fully saturated rings. The molecule has 0 radical (unpaired) electrons. The van der Waals surface area contributed by atoms with Crippen LogP contribution in [0.4, 0.5) is 0 Å². The maximum atomic E-state index is 12.1. The fourth-order valence-electron chi connectivity index (χ4n) is 2.25. The van der Waals surface area contributed by atoms with Gasteiger partial charge in [0.15, 0.2) is 5.65 Å². The van der Waals surface area contributed by atoms with E-state index >= 15 is 0 Å². The van der Waals surface area contributed by atoms with Gasteiger partial charge in [0.05, 0.1) is 5.69 Å². The number of pyridine rings is 1. The summed E-state index contributed by atoms with van der Waals surface area (Å²) in [5.74, 6) is -2.28. The van der Waals surface area contributed by atoms with Crippen molar-refractivity contribution in [3.05, 3.63) is 47.2 Å². The van der Waals surface area contributed by atoms with Gasteiger partial charge in [-0.2, -0.15) is 5.10 Å². The van der Waals surface area contributed by atoms with Gasteiger partial charge in [0, 0.05) is 16.7 Å². The highest BCUT2D eigenvalue weighted by Gasteiger charge is 2.21. The molecular formula is C15H11ClN4O4. The molecule has 8 nitrogen and oxygen atoms in total. The van der Waals surface area contributed by atoms with Gasteiger partial charge < -0.3 is 15.5 Å². The Morgan fingerprint density at radius 2 is 1.96 bits per heavy atom. The number of aliphatic carboxylic acids is 1. The number of hydrogen-bond donors (Lipinski definition) is 3. The van der Waals surface area contributed by atoms with E-state index < -0.39 is 18.4 Å². The summed E-state index contributed by atoms with van der Waals surface area (Å²) >= 11 is 5.87. The minimum atomic E-state index is -1.20. The number of carboxylic acid groups (broad SMARTS) is 1. The Kier molecular flexibility index (Phi) is 4.05. The van der Waals surface area contributed by atoms with E-state index in [0.717, 1.165) is 0 Å². The molecule has 24 heavy (non-hydrogen) atoms. The molecule has 0 aliphatic heterocycles. The van der Waals surface area contributed by atoms with Crippen LogP contribution >= 0.6 is 11.6 Å². The molecule has 0 aliphatic rings. The fourth-order valence-corrected chi connectivity index (χ4v) is 2.38. The molecule has 0 aliphatic carbocycles. The Bertz CT molecular complexity index is 937. The van der Waals surface area contributed by atoms with Crippen LogP contribution in [0.1, 0.15) is 10.4 Å². The van der Waals surface area contributed by atoms with E-state index in [1.54, 1.807) is 24.3 Å². The number of fused-ring (bicyclic) bond motifs is 1. The molecule has 0 saturated carbocycles. The Balaban J connectivity index is 2.11. The molecule has 0 spiro atoms. The monoisotopic (exact) mass is 346 g/mol. The number of nitrogens with one attached hydrogen (secondary N) is 1. The molecule has 122 valence electrons. The lowest BCUT2D eigenvalue weighted by Crippen LogP contribution is -2.29. The maximum Gasteiger partial charge on any atom is 0.322 e. The van der Waals surface area contributed by atoms with Gasteiger partial charge in [0.25, 0.3) is 5.91 Å². The van der Waals surface area contributed by atoms with Crippen molar-refractivity contribution in [1.82, 2.24) is 19.9 Å². The number of halogens is 1. The summed E-state index contributed by atoms with van der Waals surface area (Å²) in [5.41, 5.74) is 1.18. The first-order valence-electron chi connectivity index (χ1n) is 6.79. The van der Waals surface area contributed by atoms with Crippen molar-refractivity contribution >= 4 is 29.1 Å². The quantitative estimate of drug-likeness (QED) is 0.660. The van der Waals surface area contributed by atoms with Crippen LogP contribution in [0.3, 0.4) is 0 Å². The molecule has 0 saturated heterocycles. The minimum Gasteiger partial charge on any atom is -0.507 e. The number of benzene rings is 1. The lowest BCUT2D eigenvalue weighted by Gasteiger charge is -2.10. The number of amides is 1. The largest absolute Gasteiger partial charge is 0.507 e. The number of aromatic hydroxyl groups is 1. The zero-order chi connectivity index (χ0) is 17.3. The SMILES string of the molecule is O=C(O)CNC(=O)c1c(O)cc(-c2ccc(Cl)cc2)n2ncnc12. The van der Waals surface area contributed by atoms with Crippen LogP contribution < -0.4 is 5.32 Å². The molecule has 3 rings (SSSR count). The maximum absolute atomic E-state index is 12.1. The van der Waals surface area contributed by atoms with E-state index in [9.17, 15) is 14.7 Å². The number of hydrogen-bond acceptors (Lipinski definition) is 5. The van der Waals surface area contributed by atoms with Gasteiger partial charge in [-0.15, -0.1) is 0 Å². The Morgan fingerprint density at radius 3 is 2.62 bits per heavy atom. The number of carboxylic acids is 1. The van der Waals surface area contributed by atoms with Crippen molar-refractivity contribution in [3.63, 3.8) is 0 Å². The molecule has 0 bridgehead atoms. The molecule has 0 atom stereocenters. The standard InChI is InChI=1S/C15H11ClN4O4/c16-9-3-1-8(2-4-9)10-5-11(21)13(14-18-7-19-20(10)14)15(24)17-6-12(22)23/h1-5,7,21H,6H2,(H,17,24)(H,22,23). The first kappa shape index (κ1) is 15.8. The zero-order valence-electron chi connectivity index (χ0n) is 12.1. The van der Waals surface area contributed by atoms with Crippen molar-refractivity contribution in [2.75, 3.05) is 6.54 Å². The van der Waals surface area contributed by atoms with Crippen molar-refractivity contribution in [3.8, 4) is 17.0 Å². The molecule has 2 heterocycles. The van der Waals surface area contributed by atoms with Crippen molar-refractivity contribution in [2.45, 2.75) is 0 Å². The van der Waals surface area contributed by atoms with Gasteiger partial charge in [0.2, 0.25) is 0 Å². The Morgan fingerprint density at radius 1 is 1.25 bits per heavy atom. The van der Waals surface area contributed by atoms with Crippen LogP contribution in [0.2, 0.25) is 5.02 Å². The van der Waals surface area contributed by atoms with E-state index in [2.05, 4.69) is 15.4 Å². The van der Waals surface area contributed by atoms with E-state index in [1.165, 1.54) is 16.9 Å². The third-order valence-corrected chi connectivity index (χ3v) is 3.55. The third-order valence-electron chi connectivity index (χ3n) is 3.30. The number of aromatic nitrogens is 3. The van der Waals surface area contributed by atoms with Crippen LogP contribution in [-0.2, 0) is 4.79 Å². The predicted octanol–water partition coefficient (Wildman–Crippen LogP) is 1.57. The topological polar surface area (TPSA) is 117 Å². The van der Waals surface area contributed by atoms with Crippen LogP contribution in [0.15, 0.2) is 36.7 Å². The van der Waals surface area contributed by atoms with Crippen molar-refractivity contribution < 1.29 is 19.8 Å². The summed E-state index contributed by atoms with van der Waals surface area (Å²) in [6.07, 6.45) is 1.24. The number of rotatable bonds is 4. The molecule has 1 aromatic carbocycles. The molecule has 2 aromatic heterocycles. The molecular weight excluding hydrogens is 336 g/mol. The summed E-state index contributed by atoms with van der Waals surface area (Å²) in [4.78, 5) is 26.7. The lowest BCUT2D eigenvalue weighted by molar-refractivity contribution is -0.135. The zero-order valence-corrected chi connectivity index (χ0v) is 12.9. The number of carbonyl (C=O) groups is 2. The second-order valence-corrected chi connectivity index (χ2v) is 5.31.